The summed E-state index contributed by atoms with van der Waals surface area (Å²) in [7, 11) is 0. The first kappa shape index (κ1) is 17.0. The molecule has 0 aliphatic carbocycles. The van der Waals surface area contributed by atoms with Crippen molar-refractivity contribution >= 4 is 23.2 Å². The van der Waals surface area contributed by atoms with Gasteiger partial charge >= 0.3 is 0 Å². The number of hydrogen-bond acceptors (Lipinski definition) is 4. The van der Waals surface area contributed by atoms with E-state index in [2.05, 4.69) is 27.4 Å². The quantitative estimate of drug-likeness (QED) is 0.535. The SMILES string of the molecule is CCc1ccc(NC(N)=NCc2nc(-c3cccc(Cl)c3)no2)cc1. The largest absolute Gasteiger partial charge is 0.370 e. The summed E-state index contributed by atoms with van der Waals surface area (Å²) in [6.45, 7) is 2.31. The van der Waals surface area contributed by atoms with Gasteiger partial charge in [-0.15, -0.1) is 0 Å². The van der Waals surface area contributed by atoms with Gasteiger partial charge in [-0.1, -0.05) is 47.9 Å². The summed E-state index contributed by atoms with van der Waals surface area (Å²) in [6.07, 6.45) is 0.996. The molecule has 7 heteroatoms. The summed E-state index contributed by atoms with van der Waals surface area (Å²) in [6, 6.07) is 15.3. The minimum absolute atomic E-state index is 0.194. The number of nitrogens with one attached hydrogen (secondary N) is 1. The molecule has 0 fully saturated rings. The van der Waals surface area contributed by atoms with Crippen LogP contribution in [0.1, 0.15) is 18.4 Å². The van der Waals surface area contributed by atoms with Gasteiger partial charge < -0.3 is 15.6 Å². The zero-order valence-electron chi connectivity index (χ0n) is 13.7. The van der Waals surface area contributed by atoms with E-state index in [4.69, 9.17) is 21.9 Å². The molecule has 6 nitrogen and oxygen atoms in total. The van der Waals surface area contributed by atoms with E-state index in [1.807, 2.05) is 36.4 Å². The first-order valence-corrected chi connectivity index (χ1v) is 8.26. The molecule has 3 N–H and O–H groups in total. The molecule has 1 aromatic heterocycles. The lowest BCUT2D eigenvalue weighted by atomic mass is 10.1. The molecule has 3 aromatic rings. The first-order chi connectivity index (χ1) is 12.1. The Hall–Kier alpha value is -2.86. The van der Waals surface area contributed by atoms with E-state index in [0.717, 1.165) is 17.7 Å². The number of nitrogens with two attached hydrogens (primary N) is 1. The maximum atomic E-state index is 5.97. The highest BCUT2D eigenvalue weighted by Gasteiger charge is 2.08. The van der Waals surface area contributed by atoms with Crippen LogP contribution in [-0.2, 0) is 13.0 Å². The number of guanidine groups is 1. The number of rotatable bonds is 5. The van der Waals surface area contributed by atoms with E-state index < -0.39 is 0 Å². The van der Waals surface area contributed by atoms with Crippen molar-refractivity contribution < 1.29 is 4.52 Å². The van der Waals surface area contributed by atoms with E-state index >= 15 is 0 Å². The van der Waals surface area contributed by atoms with Crippen molar-refractivity contribution in [2.75, 3.05) is 5.32 Å². The summed E-state index contributed by atoms with van der Waals surface area (Å²) >= 11 is 5.97. The fourth-order valence-electron chi connectivity index (χ4n) is 2.23. The summed E-state index contributed by atoms with van der Waals surface area (Å²) < 4.78 is 5.20. The maximum Gasteiger partial charge on any atom is 0.248 e. The molecule has 1 heterocycles. The van der Waals surface area contributed by atoms with Gasteiger partial charge in [0.2, 0.25) is 11.7 Å². The minimum Gasteiger partial charge on any atom is -0.370 e. The normalized spacial score (nSPS) is 11.5. The van der Waals surface area contributed by atoms with Crippen LogP contribution in [0.4, 0.5) is 5.69 Å². The molecule has 0 unspecified atom stereocenters. The van der Waals surface area contributed by atoms with E-state index in [-0.39, 0.29) is 12.5 Å². The molecular formula is C18H18ClN5O. The maximum absolute atomic E-state index is 5.97. The van der Waals surface area contributed by atoms with E-state index in [1.54, 1.807) is 12.1 Å². The van der Waals surface area contributed by atoms with Gasteiger partial charge in [-0.2, -0.15) is 4.98 Å². The summed E-state index contributed by atoms with van der Waals surface area (Å²) in [4.78, 5) is 8.51. The number of aromatic nitrogens is 2. The minimum atomic E-state index is 0.194. The van der Waals surface area contributed by atoms with Crippen LogP contribution in [0.5, 0.6) is 0 Å². The van der Waals surface area contributed by atoms with Gasteiger partial charge in [-0.3, -0.25) is 0 Å². The van der Waals surface area contributed by atoms with Crippen LogP contribution in [0.25, 0.3) is 11.4 Å². The Bertz CT molecular complexity index is 873. The summed E-state index contributed by atoms with van der Waals surface area (Å²) in [5, 5.41) is 7.58. The average Bonchev–Trinajstić information content (AvgIpc) is 3.10. The molecule has 0 saturated carbocycles. The number of halogens is 1. The number of aryl methyl sites for hydroxylation is 1. The lowest BCUT2D eigenvalue weighted by molar-refractivity contribution is 0.381. The van der Waals surface area contributed by atoms with Gasteiger partial charge in [-0.05, 0) is 36.2 Å². The van der Waals surface area contributed by atoms with Crippen LogP contribution in [0.15, 0.2) is 58.0 Å². The van der Waals surface area contributed by atoms with E-state index in [1.165, 1.54) is 5.56 Å². The highest BCUT2D eigenvalue weighted by molar-refractivity contribution is 6.30. The molecule has 0 aliphatic rings. The Morgan fingerprint density at radius 3 is 2.76 bits per heavy atom. The monoisotopic (exact) mass is 355 g/mol. The van der Waals surface area contributed by atoms with Crippen molar-refractivity contribution in [1.82, 2.24) is 10.1 Å². The number of anilines is 1. The molecule has 0 bridgehead atoms. The predicted octanol–water partition coefficient (Wildman–Crippen LogP) is 3.88. The van der Waals surface area contributed by atoms with Crippen molar-refractivity contribution in [2.24, 2.45) is 10.7 Å². The van der Waals surface area contributed by atoms with Gasteiger partial charge in [-0.25, -0.2) is 4.99 Å². The fraction of sp³-hybridized carbons (Fsp3) is 0.167. The Balaban J connectivity index is 1.63. The number of aliphatic imine (C=N–C) groups is 1. The Labute approximate surface area is 150 Å². The van der Waals surface area contributed by atoms with Crippen LogP contribution >= 0.6 is 11.6 Å². The third-order valence-corrected chi connectivity index (χ3v) is 3.81. The van der Waals surface area contributed by atoms with Crippen molar-refractivity contribution in [3.63, 3.8) is 0 Å². The molecule has 0 spiro atoms. The standard InChI is InChI=1S/C18H18ClN5O/c1-2-12-6-8-15(9-7-12)22-18(20)21-11-16-23-17(24-25-16)13-4-3-5-14(19)10-13/h3-10H,2,11H2,1H3,(H3,20,21,22). The van der Waals surface area contributed by atoms with Gasteiger partial charge in [0, 0.05) is 16.3 Å². The van der Waals surface area contributed by atoms with Crippen LogP contribution < -0.4 is 11.1 Å². The van der Waals surface area contributed by atoms with Gasteiger partial charge in [0.1, 0.15) is 6.54 Å². The topological polar surface area (TPSA) is 89.3 Å². The molecule has 3 rings (SSSR count). The molecular weight excluding hydrogens is 338 g/mol. The first-order valence-electron chi connectivity index (χ1n) is 7.88. The van der Waals surface area contributed by atoms with Gasteiger partial charge in [0.25, 0.3) is 0 Å². The number of benzene rings is 2. The smallest absolute Gasteiger partial charge is 0.248 e. The van der Waals surface area contributed by atoms with Crippen molar-refractivity contribution in [1.29, 1.82) is 0 Å². The second-order valence-electron chi connectivity index (χ2n) is 5.40. The number of nitrogens with zero attached hydrogens (tertiary/aromatic N) is 3. The average molecular weight is 356 g/mol. The van der Waals surface area contributed by atoms with Gasteiger partial charge in [0.15, 0.2) is 5.96 Å². The molecule has 0 aliphatic heterocycles. The lowest BCUT2D eigenvalue weighted by Gasteiger charge is -2.05. The third kappa shape index (κ3) is 4.58. The van der Waals surface area contributed by atoms with Crippen molar-refractivity contribution in [3.8, 4) is 11.4 Å². The second kappa shape index (κ2) is 7.81. The van der Waals surface area contributed by atoms with Crippen molar-refractivity contribution in [3.05, 3.63) is 65.0 Å². The van der Waals surface area contributed by atoms with Crippen LogP contribution in [-0.4, -0.2) is 16.1 Å². The molecule has 0 radical (unpaired) electrons. The summed E-state index contributed by atoms with van der Waals surface area (Å²) in [5.41, 5.74) is 8.82. The third-order valence-electron chi connectivity index (χ3n) is 3.57. The molecule has 0 amide bonds. The van der Waals surface area contributed by atoms with Crippen molar-refractivity contribution in [2.45, 2.75) is 19.9 Å². The molecule has 0 saturated heterocycles. The van der Waals surface area contributed by atoms with Crippen LogP contribution in [0, 0.1) is 0 Å². The highest BCUT2D eigenvalue weighted by atomic mass is 35.5. The van der Waals surface area contributed by atoms with Gasteiger partial charge in [0.05, 0.1) is 0 Å². The highest BCUT2D eigenvalue weighted by Crippen LogP contribution is 2.20. The van der Waals surface area contributed by atoms with E-state index in [9.17, 15) is 0 Å². The molecule has 25 heavy (non-hydrogen) atoms. The zero-order valence-corrected chi connectivity index (χ0v) is 14.5. The molecule has 128 valence electrons. The second-order valence-corrected chi connectivity index (χ2v) is 5.84. The predicted molar refractivity (Wildman–Crippen MR) is 99.5 cm³/mol. The summed E-state index contributed by atoms with van der Waals surface area (Å²) in [5.74, 6) is 1.13. The van der Waals surface area contributed by atoms with Crippen LogP contribution in [0.3, 0.4) is 0 Å². The van der Waals surface area contributed by atoms with E-state index in [0.29, 0.717) is 16.7 Å². The lowest BCUT2D eigenvalue weighted by Crippen LogP contribution is -2.22. The fourth-order valence-corrected chi connectivity index (χ4v) is 2.42. The Kier molecular flexibility index (Phi) is 5.30. The number of hydrogen-bond donors (Lipinski definition) is 2. The Morgan fingerprint density at radius 1 is 1.24 bits per heavy atom. The van der Waals surface area contributed by atoms with Crippen LogP contribution in [0.2, 0.25) is 5.02 Å². The Morgan fingerprint density at radius 2 is 2.04 bits per heavy atom. The molecule has 0 atom stereocenters. The zero-order chi connectivity index (χ0) is 17.6. The molecule has 2 aromatic carbocycles.